The van der Waals surface area contributed by atoms with E-state index in [1.807, 2.05) is 24.3 Å². The number of Topliss-reactive ketones (excluding diaryl/α,β-unsaturated/α-hetero) is 1. The topological polar surface area (TPSA) is 100 Å². The van der Waals surface area contributed by atoms with Crippen molar-refractivity contribution in [3.63, 3.8) is 0 Å². The molecule has 0 amide bonds. The lowest BCUT2D eigenvalue weighted by Crippen LogP contribution is -3.00. The molecule has 1 aromatic carbocycles. The lowest BCUT2D eigenvalue weighted by molar-refractivity contribution is -0.658. The van der Waals surface area contributed by atoms with Gasteiger partial charge in [0.15, 0.2) is 6.04 Å². The number of nitrogens with two attached hydrogens (primary N) is 1. The van der Waals surface area contributed by atoms with Crippen molar-refractivity contribution < 1.29 is 41.4 Å². The van der Waals surface area contributed by atoms with Crippen LogP contribution in [0.1, 0.15) is 67.8 Å². The molecule has 0 aliphatic carbocycles. The maximum atomic E-state index is 12.5. The molecule has 2 atom stereocenters. The first kappa shape index (κ1) is 24.3. The van der Waals surface area contributed by atoms with E-state index in [1.165, 1.54) is 44.1 Å². The molecule has 1 fully saturated rings. The number of aryl methyl sites for hydroxylation is 1. The highest BCUT2D eigenvalue weighted by Gasteiger charge is 2.37. The van der Waals surface area contributed by atoms with E-state index < -0.39 is 13.9 Å². The predicted octanol–water partition coefficient (Wildman–Crippen LogP) is -0.410. The first-order valence-corrected chi connectivity index (χ1v) is 11.1. The van der Waals surface area contributed by atoms with Gasteiger partial charge in [-0.25, -0.2) is 4.57 Å². The first-order valence-electron chi connectivity index (χ1n) is 9.59. The molecule has 0 spiro atoms. The van der Waals surface area contributed by atoms with Crippen molar-refractivity contribution in [3.8, 4) is 0 Å². The molecule has 0 saturated carbocycles. The van der Waals surface area contributed by atoms with Crippen LogP contribution in [0.4, 0.5) is 0 Å². The van der Waals surface area contributed by atoms with Crippen LogP contribution in [-0.4, -0.2) is 34.3 Å². The second-order valence-electron chi connectivity index (χ2n) is 7.11. The Labute approximate surface area is 167 Å². The van der Waals surface area contributed by atoms with E-state index in [0.717, 1.165) is 6.42 Å². The van der Waals surface area contributed by atoms with E-state index in [1.54, 1.807) is 5.32 Å². The number of hydrogen-bond donors (Lipinski definition) is 3. The van der Waals surface area contributed by atoms with Crippen LogP contribution >= 0.6 is 7.82 Å². The largest absolute Gasteiger partial charge is 1.00 e. The summed E-state index contributed by atoms with van der Waals surface area (Å²) in [4.78, 5) is 30.3. The van der Waals surface area contributed by atoms with Gasteiger partial charge in [0.25, 0.3) is 0 Å². The number of benzene rings is 1. The zero-order valence-corrected chi connectivity index (χ0v) is 17.5. The maximum absolute atomic E-state index is 12.5. The van der Waals surface area contributed by atoms with E-state index in [4.69, 9.17) is 14.3 Å². The third-order valence-electron chi connectivity index (χ3n) is 4.88. The van der Waals surface area contributed by atoms with Crippen LogP contribution in [0.25, 0.3) is 0 Å². The number of ketones is 1. The average Bonchev–Trinajstić information content (AvgIpc) is 3.04. The summed E-state index contributed by atoms with van der Waals surface area (Å²) in [6.07, 6.45) is 8.38. The number of rotatable bonds is 11. The number of hydrogen-bond acceptors (Lipinski definition) is 3. The summed E-state index contributed by atoms with van der Waals surface area (Å²) in [5.74, 6) is -0.00655. The van der Waals surface area contributed by atoms with Crippen molar-refractivity contribution in [2.45, 2.75) is 70.4 Å². The second-order valence-corrected chi connectivity index (χ2v) is 8.30. The lowest BCUT2D eigenvalue weighted by atomic mass is 9.99. The quantitative estimate of drug-likeness (QED) is 0.257. The van der Waals surface area contributed by atoms with Gasteiger partial charge >= 0.3 is 7.82 Å². The molecule has 1 saturated heterocycles. The minimum Gasteiger partial charge on any atom is -1.00 e. The van der Waals surface area contributed by atoms with Crippen LogP contribution < -0.4 is 17.7 Å². The maximum Gasteiger partial charge on any atom is 0.470 e. The van der Waals surface area contributed by atoms with Crippen LogP contribution in [0.15, 0.2) is 24.3 Å². The Hall–Kier alpha value is -0.750. The van der Waals surface area contributed by atoms with Crippen LogP contribution in [0.2, 0.25) is 0 Å². The number of unbranched alkanes of at least 4 members (excludes halogenated alkanes) is 5. The molecular weight excluding hydrogens is 389 g/mol. The molecule has 27 heavy (non-hydrogen) atoms. The van der Waals surface area contributed by atoms with E-state index in [0.29, 0.717) is 18.5 Å². The fourth-order valence-corrected chi connectivity index (χ4v) is 4.01. The third kappa shape index (κ3) is 8.86. The molecule has 8 heteroatoms. The summed E-state index contributed by atoms with van der Waals surface area (Å²) >= 11 is 0. The molecule has 1 aromatic rings. The van der Waals surface area contributed by atoms with Gasteiger partial charge in [-0.3, -0.25) is 9.32 Å². The van der Waals surface area contributed by atoms with E-state index in [-0.39, 0.29) is 24.2 Å². The number of phosphoric acid groups is 1. The Morgan fingerprint density at radius 2 is 1.78 bits per heavy atom. The van der Waals surface area contributed by atoms with Crippen LogP contribution in [0.3, 0.4) is 0 Å². The number of phosphoric ester groups is 1. The number of carbonyl (C=O) groups is 1. The Balaban J connectivity index is 0.00000364. The molecule has 0 radical (unpaired) electrons. The van der Waals surface area contributed by atoms with Crippen LogP contribution in [-0.2, 0) is 15.5 Å². The summed E-state index contributed by atoms with van der Waals surface area (Å²) in [7, 11) is -4.50. The van der Waals surface area contributed by atoms with Gasteiger partial charge in [0, 0.05) is 12.0 Å². The fraction of sp³-hybridized carbons (Fsp3) is 0.632. The minimum atomic E-state index is -4.50. The van der Waals surface area contributed by atoms with Crippen molar-refractivity contribution in [1.82, 2.24) is 0 Å². The molecule has 0 unspecified atom stereocenters. The molecule has 4 N–H and O–H groups in total. The predicted molar refractivity (Wildman–Crippen MR) is 100.0 cm³/mol. The summed E-state index contributed by atoms with van der Waals surface area (Å²) < 4.78 is 15.6. The smallest absolute Gasteiger partial charge is 0.470 e. The highest BCUT2D eigenvalue weighted by atomic mass is 35.5. The molecule has 154 valence electrons. The Bertz CT molecular complexity index is 619. The first-order chi connectivity index (χ1) is 12.4. The average molecular weight is 420 g/mol. The van der Waals surface area contributed by atoms with Crippen molar-refractivity contribution in [2.75, 3.05) is 6.54 Å². The number of halogens is 1. The molecule has 1 aliphatic heterocycles. The summed E-state index contributed by atoms with van der Waals surface area (Å²) in [6, 6.07) is 7.41. The van der Waals surface area contributed by atoms with Crippen LogP contribution in [0.5, 0.6) is 0 Å². The van der Waals surface area contributed by atoms with Gasteiger partial charge in [-0.1, -0.05) is 63.3 Å². The second kappa shape index (κ2) is 11.9. The van der Waals surface area contributed by atoms with Gasteiger partial charge in [0.1, 0.15) is 12.6 Å². The monoisotopic (exact) mass is 419 g/mol. The highest BCUT2D eigenvalue weighted by molar-refractivity contribution is 7.46. The van der Waals surface area contributed by atoms with Gasteiger partial charge in [-0.05, 0) is 18.4 Å². The van der Waals surface area contributed by atoms with Gasteiger partial charge < -0.3 is 27.5 Å². The molecule has 1 heterocycles. The van der Waals surface area contributed by atoms with Crippen molar-refractivity contribution in [2.24, 2.45) is 0 Å². The third-order valence-corrected chi connectivity index (χ3v) is 5.45. The van der Waals surface area contributed by atoms with Crippen molar-refractivity contribution >= 4 is 13.6 Å². The number of carbonyl (C=O) groups excluding carboxylic acids is 1. The van der Waals surface area contributed by atoms with Gasteiger partial charge in [-0.2, -0.15) is 0 Å². The van der Waals surface area contributed by atoms with E-state index in [9.17, 15) is 9.36 Å². The number of quaternary nitrogens is 1. The summed E-state index contributed by atoms with van der Waals surface area (Å²) in [5, 5.41) is 1.80. The highest BCUT2D eigenvalue weighted by Crippen LogP contribution is 2.38. The van der Waals surface area contributed by atoms with E-state index >= 15 is 0 Å². The minimum absolute atomic E-state index is 0. The summed E-state index contributed by atoms with van der Waals surface area (Å²) in [6.45, 7) is 2.61. The van der Waals surface area contributed by atoms with Gasteiger partial charge in [0.05, 0.1) is 0 Å². The zero-order chi connectivity index (χ0) is 19.0. The van der Waals surface area contributed by atoms with Crippen LogP contribution in [0, 0.1) is 0 Å². The zero-order valence-electron chi connectivity index (χ0n) is 15.8. The standard InChI is InChI=1S/C19H30NO5P.ClH/c1-2-3-4-5-6-7-8-15-9-11-16(12-10-15)19(21)18-13-17(14-20-18)25-26(22,23)24;/h9-12,17-18,20H,2-8,13-14H2,1H3,(H2,22,23,24);1H/t17-,18+;/m1./s1. The van der Waals surface area contributed by atoms with Gasteiger partial charge in [0.2, 0.25) is 5.78 Å². The van der Waals surface area contributed by atoms with E-state index in [2.05, 4.69) is 6.92 Å². The Morgan fingerprint density at radius 1 is 1.15 bits per heavy atom. The molecule has 0 aromatic heterocycles. The fourth-order valence-electron chi connectivity index (χ4n) is 3.45. The molecular formula is C19H31ClNO5P. The van der Waals surface area contributed by atoms with Crippen molar-refractivity contribution in [3.05, 3.63) is 35.4 Å². The lowest BCUT2D eigenvalue weighted by Gasteiger charge is -2.09. The van der Waals surface area contributed by atoms with Gasteiger partial charge in [-0.15, -0.1) is 0 Å². The molecule has 2 rings (SSSR count). The SMILES string of the molecule is CCCCCCCCc1ccc(C(=O)[C@@H]2C[C@@H](OP(=O)(O)O)C[NH2+]2)cc1.[Cl-]. The normalized spacial score (nSPS) is 19.7. The molecule has 1 aliphatic rings. The molecule has 0 bridgehead atoms. The molecule has 6 nitrogen and oxygen atoms in total. The Morgan fingerprint density at radius 3 is 2.41 bits per heavy atom. The van der Waals surface area contributed by atoms with Crippen molar-refractivity contribution in [1.29, 1.82) is 0 Å². The summed E-state index contributed by atoms with van der Waals surface area (Å²) in [5.41, 5.74) is 1.89. The Kier molecular flexibility index (Phi) is 10.7.